The molecule has 0 aromatic heterocycles. The number of ether oxygens (including phenoxy) is 1. The first-order chi connectivity index (χ1) is 10.3. The van der Waals surface area contributed by atoms with Crippen molar-refractivity contribution in [3.63, 3.8) is 0 Å². The van der Waals surface area contributed by atoms with Gasteiger partial charge in [-0.2, -0.15) is 8.78 Å². The second-order valence-electron chi connectivity index (χ2n) is 4.30. The molecule has 0 atom stereocenters. The SMILES string of the molecule is [C-]#[N+]c1ccc(C(=O)Oc2c(F)c(F)cc(F)c2F)c(C)c1. The Labute approximate surface area is 122 Å². The summed E-state index contributed by atoms with van der Waals surface area (Å²) in [6.07, 6.45) is 0. The van der Waals surface area contributed by atoms with Crippen LogP contribution in [0.25, 0.3) is 4.85 Å². The van der Waals surface area contributed by atoms with Crippen molar-refractivity contribution in [1.82, 2.24) is 0 Å². The number of aryl methyl sites for hydroxylation is 1. The largest absolute Gasteiger partial charge is 0.416 e. The number of halogens is 4. The molecule has 0 radical (unpaired) electrons. The third-order valence-electron chi connectivity index (χ3n) is 2.83. The number of carbonyl (C=O) groups excluding carboxylic acids is 1. The fraction of sp³-hybridized carbons (Fsp3) is 0.0667. The molecule has 0 saturated carbocycles. The maximum atomic E-state index is 13.4. The molecule has 2 aromatic rings. The summed E-state index contributed by atoms with van der Waals surface area (Å²) in [6.45, 7) is 8.30. The van der Waals surface area contributed by atoms with Crippen LogP contribution in [0.3, 0.4) is 0 Å². The van der Waals surface area contributed by atoms with Crippen LogP contribution in [-0.4, -0.2) is 5.97 Å². The summed E-state index contributed by atoms with van der Waals surface area (Å²) in [5.74, 6) is -9.61. The zero-order valence-electron chi connectivity index (χ0n) is 11.1. The van der Waals surface area contributed by atoms with Crippen LogP contribution in [0.1, 0.15) is 15.9 Å². The Bertz CT molecular complexity index is 786. The predicted molar refractivity (Wildman–Crippen MR) is 68.7 cm³/mol. The summed E-state index contributed by atoms with van der Waals surface area (Å²) in [5, 5.41) is 0. The van der Waals surface area contributed by atoms with Crippen LogP contribution < -0.4 is 4.74 Å². The van der Waals surface area contributed by atoms with Gasteiger partial charge in [-0.1, -0.05) is 18.2 Å². The van der Waals surface area contributed by atoms with Gasteiger partial charge in [-0.25, -0.2) is 18.4 Å². The van der Waals surface area contributed by atoms with Crippen molar-refractivity contribution < 1.29 is 27.1 Å². The number of hydrogen-bond acceptors (Lipinski definition) is 2. The van der Waals surface area contributed by atoms with Crippen LogP contribution in [0.2, 0.25) is 0 Å². The van der Waals surface area contributed by atoms with Gasteiger partial charge in [0.25, 0.3) is 0 Å². The van der Waals surface area contributed by atoms with E-state index >= 15 is 0 Å². The second kappa shape index (κ2) is 5.85. The zero-order chi connectivity index (χ0) is 16.4. The molecular formula is C15H7F4NO2. The summed E-state index contributed by atoms with van der Waals surface area (Å²) in [7, 11) is 0. The smallest absolute Gasteiger partial charge is 0.343 e. The minimum Gasteiger partial charge on any atom is -0.416 e. The molecule has 2 aromatic carbocycles. The molecule has 0 spiro atoms. The summed E-state index contributed by atoms with van der Waals surface area (Å²) in [4.78, 5) is 15.0. The highest BCUT2D eigenvalue weighted by molar-refractivity contribution is 5.93. The summed E-state index contributed by atoms with van der Waals surface area (Å²) < 4.78 is 57.4. The Morgan fingerprint density at radius 3 is 2.18 bits per heavy atom. The Balaban J connectivity index is 2.40. The predicted octanol–water partition coefficient (Wildman–Crippen LogP) is 4.32. The van der Waals surface area contributed by atoms with Crippen LogP contribution in [-0.2, 0) is 0 Å². The number of benzene rings is 2. The topological polar surface area (TPSA) is 30.7 Å². The normalized spacial score (nSPS) is 10.2. The molecule has 0 amide bonds. The first kappa shape index (κ1) is 15.5. The van der Waals surface area contributed by atoms with Crippen molar-refractivity contribution in [1.29, 1.82) is 0 Å². The fourth-order valence-corrected chi connectivity index (χ4v) is 1.73. The van der Waals surface area contributed by atoms with Gasteiger partial charge in [0.05, 0.1) is 12.1 Å². The number of rotatable bonds is 2. The van der Waals surface area contributed by atoms with Crippen molar-refractivity contribution in [3.05, 3.63) is 70.1 Å². The van der Waals surface area contributed by atoms with Crippen molar-refractivity contribution in [3.8, 4) is 5.75 Å². The van der Waals surface area contributed by atoms with E-state index in [-0.39, 0.29) is 17.3 Å². The van der Waals surface area contributed by atoms with E-state index in [0.717, 1.165) is 0 Å². The molecular weight excluding hydrogens is 302 g/mol. The lowest BCUT2D eigenvalue weighted by atomic mass is 10.1. The quantitative estimate of drug-likeness (QED) is 0.272. The van der Waals surface area contributed by atoms with Gasteiger partial charge < -0.3 is 4.74 Å². The molecule has 0 aliphatic rings. The van der Waals surface area contributed by atoms with Crippen molar-refractivity contribution in [2.45, 2.75) is 6.92 Å². The third kappa shape index (κ3) is 2.76. The van der Waals surface area contributed by atoms with E-state index in [9.17, 15) is 22.4 Å². The highest BCUT2D eigenvalue weighted by atomic mass is 19.2. The van der Waals surface area contributed by atoms with E-state index < -0.39 is 35.0 Å². The van der Waals surface area contributed by atoms with Crippen LogP contribution in [0.15, 0.2) is 24.3 Å². The molecule has 0 aliphatic heterocycles. The summed E-state index contributed by atoms with van der Waals surface area (Å²) >= 11 is 0. The molecule has 22 heavy (non-hydrogen) atoms. The Morgan fingerprint density at radius 1 is 1.09 bits per heavy atom. The molecule has 0 heterocycles. The second-order valence-corrected chi connectivity index (χ2v) is 4.30. The number of nitrogens with zero attached hydrogens (tertiary/aromatic N) is 1. The van der Waals surface area contributed by atoms with Crippen molar-refractivity contribution in [2.24, 2.45) is 0 Å². The molecule has 3 nitrogen and oxygen atoms in total. The Hall–Kier alpha value is -2.88. The van der Waals surface area contributed by atoms with Gasteiger partial charge in [-0.15, -0.1) is 0 Å². The van der Waals surface area contributed by atoms with E-state index in [1.807, 2.05) is 0 Å². The molecule has 0 aliphatic carbocycles. The number of esters is 1. The standard InChI is InChI=1S/C15H7F4NO2/c1-7-5-8(20-2)3-4-9(7)15(21)22-14-12(18)10(16)6-11(17)13(14)19/h3-6H,1H3. The lowest BCUT2D eigenvalue weighted by molar-refractivity contribution is 0.0716. The lowest BCUT2D eigenvalue weighted by Crippen LogP contribution is -2.13. The molecule has 0 fully saturated rings. The molecule has 0 N–H and O–H groups in total. The molecule has 0 unspecified atom stereocenters. The number of hydrogen-bond donors (Lipinski definition) is 0. The van der Waals surface area contributed by atoms with Crippen LogP contribution in [0.5, 0.6) is 5.75 Å². The van der Waals surface area contributed by atoms with E-state index in [0.29, 0.717) is 5.56 Å². The van der Waals surface area contributed by atoms with Crippen molar-refractivity contribution >= 4 is 11.7 Å². The summed E-state index contributed by atoms with van der Waals surface area (Å²) in [6, 6.07) is 3.90. The summed E-state index contributed by atoms with van der Waals surface area (Å²) in [5.41, 5.74) is 0.482. The van der Waals surface area contributed by atoms with Gasteiger partial charge in [-0.05, 0) is 12.5 Å². The fourth-order valence-electron chi connectivity index (χ4n) is 1.73. The average Bonchev–Trinajstić information content (AvgIpc) is 2.49. The first-order valence-corrected chi connectivity index (χ1v) is 5.88. The zero-order valence-corrected chi connectivity index (χ0v) is 11.1. The first-order valence-electron chi connectivity index (χ1n) is 5.88. The third-order valence-corrected chi connectivity index (χ3v) is 2.83. The van der Waals surface area contributed by atoms with Gasteiger partial charge in [-0.3, -0.25) is 0 Å². The molecule has 0 saturated heterocycles. The van der Waals surface area contributed by atoms with E-state index in [4.69, 9.17) is 6.57 Å². The van der Waals surface area contributed by atoms with Crippen LogP contribution in [0, 0.1) is 36.8 Å². The van der Waals surface area contributed by atoms with E-state index in [1.165, 1.54) is 25.1 Å². The minimum atomic E-state index is -1.80. The molecule has 7 heteroatoms. The minimum absolute atomic E-state index is 0.0117. The molecule has 2 rings (SSSR count). The lowest BCUT2D eigenvalue weighted by Gasteiger charge is -2.09. The Morgan fingerprint density at radius 2 is 1.68 bits per heavy atom. The monoisotopic (exact) mass is 309 g/mol. The highest BCUT2D eigenvalue weighted by Gasteiger charge is 2.24. The van der Waals surface area contributed by atoms with Gasteiger partial charge in [0, 0.05) is 6.07 Å². The van der Waals surface area contributed by atoms with Gasteiger partial charge in [0.1, 0.15) is 0 Å². The van der Waals surface area contributed by atoms with Crippen LogP contribution >= 0.6 is 0 Å². The highest BCUT2D eigenvalue weighted by Crippen LogP contribution is 2.28. The van der Waals surface area contributed by atoms with Crippen LogP contribution in [0.4, 0.5) is 23.2 Å². The molecule has 0 bridgehead atoms. The van der Waals surface area contributed by atoms with Gasteiger partial charge in [0.2, 0.25) is 17.4 Å². The average molecular weight is 309 g/mol. The van der Waals surface area contributed by atoms with E-state index in [1.54, 1.807) is 0 Å². The maximum absolute atomic E-state index is 13.4. The maximum Gasteiger partial charge on any atom is 0.343 e. The van der Waals surface area contributed by atoms with Gasteiger partial charge >= 0.3 is 5.97 Å². The Kier molecular flexibility index (Phi) is 4.13. The van der Waals surface area contributed by atoms with E-state index in [2.05, 4.69) is 9.58 Å². The molecule has 112 valence electrons. The van der Waals surface area contributed by atoms with Gasteiger partial charge in [0.15, 0.2) is 17.3 Å². The van der Waals surface area contributed by atoms with Crippen molar-refractivity contribution in [2.75, 3.05) is 0 Å². The number of carbonyl (C=O) groups is 1.